The normalized spacial score (nSPS) is 10.0. The highest BCUT2D eigenvalue weighted by Crippen LogP contribution is 2.04. The van der Waals surface area contributed by atoms with Gasteiger partial charge in [0, 0.05) is 65.5 Å². The minimum atomic E-state index is -0.0925. The summed E-state index contributed by atoms with van der Waals surface area (Å²) >= 11 is 1.66. The van der Waals surface area contributed by atoms with E-state index in [0.29, 0.717) is 26.1 Å². The molecule has 0 aliphatic carbocycles. The summed E-state index contributed by atoms with van der Waals surface area (Å²) in [5.41, 5.74) is 0. The van der Waals surface area contributed by atoms with Crippen LogP contribution in [0.15, 0.2) is 0 Å². The van der Waals surface area contributed by atoms with Crippen LogP contribution in [0.3, 0.4) is 0 Å². The summed E-state index contributed by atoms with van der Waals surface area (Å²) < 4.78 is 0. The van der Waals surface area contributed by atoms with Crippen molar-refractivity contribution in [3.8, 4) is 0 Å². The van der Waals surface area contributed by atoms with Crippen LogP contribution in [0.25, 0.3) is 0 Å². The zero-order valence-electron chi connectivity index (χ0n) is 12.8. The molecule has 1 N–H and O–H groups in total. The Kier molecular flexibility index (Phi) is 9.88. The minimum Gasteiger partial charge on any atom is -0.355 e. The van der Waals surface area contributed by atoms with Gasteiger partial charge in [-0.25, -0.2) is 0 Å². The van der Waals surface area contributed by atoms with Gasteiger partial charge in [0.15, 0.2) is 0 Å². The lowest BCUT2D eigenvalue weighted by Crippen LogP contribution is -2.38. The first-order valence-electron chi connectivity index (χ1n) is 6.62. The zero-order valence-corrected chi connectivity index (χ0v) is 13.6. The van der Waals surface area contributed by atoms with Crippen molar-refractivity contribution in [2.75, 3.05) is 45.2 Å². The van der Waals surface area contributed by atoms with Gasteiger partial charge < -0.3 is 15.1 Å². The second-order valence-electron chi connectivity index (χ2n) is 4.64. The van der Waals surface area contributed by atoms with Crippen molar-refractivity contribution in [2.24, 2.45) is 0 Å². The fraction of sp³-hybridized carbons (Fsp3) is 0.769. The SMILES string of the molecule is CC(=O)NCCN(CCSCCC(=O)N(C)C)C(C)=O. The van der Waals surface area contributed by atoms with Crippen molar-refractivity contribution in [1.82, 2.24) is 15.1 Å². The summed E-state index contributed by atoms with van der Waals surface area (Å²) in [6, 6.07) is 0. The standard InChI is InChI=1S/C13H25N3O3S/c1-11(17)14-6-7-16(12(2)18)8-10-20-9-5-13(19)15(3)4/h5-10H2,1-4H3,(H,14,17). The second-order valence-corrected chi connectivity index (χ2v) is 5.86. The summed E-state index contributed by atoms with van der Waals surface area (Å²) in [5.74, 6) is 1.58. The Morgan fingerprint density at radius 2 is 1.70 bits per heavy atom. The fourth-order valence-corrected chi connectivity index (χ4v) is 2.33. The molecule has 0 aromatic heterocycles. The highest BCUT2D eigenvalue weighted by atomic mass is 32.2. The van der Waals surface area contributed by atoms with Gasteiger partial charge in [-0.2, -0.15) is 11.8 Å². The monoisotopic (exact) mass is 303 g/mol. The van der Waals surface area contributed by atoms with E-state index in [4.69, 9.17) is 0 Å². The molecule has 116 valence electrons. The molecule has 0 aliphatic heterocycles. The average molecular weight is 303 g/mol. The van der Waals surface area contributed by atoms with Gasteiger partial charge in [0.05, 0.1) is 0 Å². The molecule has 6 nitrogen and oxygen atoms in total. The molecule has 3 amide bonds. The second kappa shape index (κ2) is 10.5. The predicted molar refractivity (Wildman–Crippen MR) is 81.6 cm³/mol. The number of amides is 3. The molecule has 0 aliphatic rings. The lowest BCUT2D eigenvalue weighted by molar-refractivity contribution is -0.129. The molecule has 7 heteroatoms. The van der Waals surface area contributed by atoms with Crippen molar-refractivity contribution in [2.45, 2.75) is 20.3 Å². The van der Waals surface area contributed by atoms with Crippen molar-refractivity contribution in [3.05, 3.63) is 0 Å². The van der Waals surface area contributed by atoms with E-state index >= 15 is 0 Å². The van der Waals surface area contributed by atoms with Gasteiger partial charge in [-0.1, -0.05) is 0 Å². The molecule has 0 aromatic carbocycles. The van der Waals surface area contributed by atoms with Crippen LogP contribution in [0.2, 0.25) is 0 Å². The van der Waals surface area contributed by atoms with Crippen LogP contribution in [0, 0.1) is 0 Å². The van der Waals surface area contributed by atoms with E-state index in [0.717, 1.165) is 11.5 Å². The minimum absolute atomic E-state index is 0.000296. The van der Waals surface area contributed by atoms with Crippen LogP contribution >= 0.6 is 11.8 Å². The highest BCUT2D eigenvalue weighted by Gasteiger charge is 2.09. The molecule has 0 saturated heterocycles. The summed E-state index contributed by atoms with van der Waals surface area (Å²) in [6.45, 7) is 4.60. The van der Waals surface area contributed by atoms with Crippen molar-refractivity contribution in [3.63, 3.8) is 0 Å². The number of rotatable bonds is 9. The first kappa shape index (κ1) is 18.8. The van der Waals surface area contributed by atoms with Crippen LogP contribution in [0.5, 0.6) is 0 Å². The largest absolute Gasteiger partial charge is 0.355 e. The molecule has 0 bridgehead atoms. The summed E-state index contributed by atoms with van der Waals surface area (Å²) in [7, 11) is 3.49. The molecule has 0 unspecified atom stereocenters. The quantitative estimate of drug-likeness (QED) is 0.617. The van der Waals surface area contributed by atoms with Crippen LogP contribution in [0.1, 0.15) is 20.3 Å². The van der Waals surface area contributed by atoms with Gasteiger partial charge >= 0.3 is 0 Å². The zero-order chi connectivity index (χ0) is 15.5. The number of nitrogens with zero attached hydrogens (tertiary/aromatic N) is 2. The Hall–Kier alpha value is -1.24. The Morgan fingerprint density at radius 1 is 1.05 bits per heavy atom. The number of nitrogens with one attached hydrogen (secondary N) is 1. The third-order valence-electron chi connectivity index (χ3n) is 2.67. The average Bonchev–Trinajstić information content (AvgIpc) is 2.35. The van der Waals surface area contributed by atoms with E-state index in [1.165, 1.54) is 13.8 Å². The molecular formula is C13H25N3O3S. The van der Waals surface area contributed by atoms with Gasteiger partial charge in [0.1, 0.15) is 0 Å². The first-order chi connectivity index (χ1) is 9.34. The topological polar surface area (TPSA) is 69.7 Å². The van der Waals surface area contributed by atoms with Crippen molar-refractivity contribution >= 4 is 29.5 Å². The molecular weight excluding hydrogens is 278 g/mol. The Bertz CT molecular complexity index is 335. The molecule has 20 heavy (non-hydrogen) atoms. The lowest BCUT2D eigenvalue weighted by atomic mass is 10.4. The molecule has 0 atom stereocenters. The lowest BCUT2D eigenvalue weighted by Gasteiger charge is -2.20. The summed E-state index contributed by atoms with van der Waals surface area (Å²) in [4.78, 5) is 36.8. The molecule has 0 spiro atoms. The van der Waals surface area contributed by atoms with E-state index in [2.05, 4.69) is 5.32 Å². The molecule has 0 rings (SSSR count). The molecule has 0 saturated carbocycles. The fourth-order valence-electron chi connectivity index (χ4n) is 1.45. The van der Waals surface area contributed by atoms with Gasteiger partial charge in [-0.15, -0.1) is 0 Å². The number of carbonyl (C=O) groups is 3. The molecule has 0 radical (unpaired) electrons. The first-order valence-corrected chi connectivity index (χ1v) is 7.78. The number of carbonyl (C=O) groups excluding carboxylic acids is 3. The van der Waals surface area contributed by atoms with E-state index in [1.54, 1.807) is 35.7 Å². The maximum Gasteiger partial charge on any atom is 0.222 e. The highest BCUT2D eigenvalue weighted by molar-refractivity contribution is 7.99. The van der Waals surface area contributed by atoms with Crippen molar-refractivity contribution < 1.29 is 14.4 Å². The van der Waals surface area contributed by atoms with E-state index < -0.39 is 0 Å². The van der Waals surface area contributed by atoms with Gasteiger partial charge in [0.2, 0.25) is 17.7 Å². The van der Waals surface area contributed by atoms with Gasteiger partial charge in [0.25, 0.3) is 0 Å². The van der Waals surface area contributed by atoms with Crippen LogP contribution < -0.4 is 5.32 Å². The molecule has 0 fully saturated rings. The van der Waals surface area contributed by atoms with Crippen LogP contribution in [-0.2, 0) is 14.4 Å². The third kappa shape index (κ3) is 9.66. The maximum absolute atomic E-state index is 11.4. The number of thioether (sulfide) groups is 1. The Balaban J connectivity index is 3.78. The maximum atomic E-state index is 11.4. The number of hydrogen-bond donors (Lipinski definition) is 1. The van der Waals surface area contributed by atoms with Crippen molar-refractivity contribution in [1.29, 1.82) is 0 Å². The number of hydrogen-bond acceptors (Lipinski definition) is 4. The Morgan fingerprint density at radius 3 is 2.20 bits per heavy atom. The van der Waals surface area contributed by atoms with Gasteiger partial charge in [-0.3, -0.25) is 14.4 Å². The van der Waals surface area contributed by atoms with Gasteiger partial charge in [-0.05, 0) is 0 Å². The summed E-state index contributed by atoms with van der Waals surface area (Å²) in [6.07, 6.45) is 0.517. The van der Waals surface area contributed by atoms with E-state index in [-0.39, 0.29) is 17.7 Å². The van der Waals surface area contributed by atoms with Crippen LogP contribution in [0.4, 0.5) is 0 Å². The smallest absolute Gasteiger partial charge is 0.222 e. The summed E-state index contributed by atoms with van der Waals surface area (Å²) in [5, 5.41) is 2.67. The Labute approximate surface area is 125 Å². The van der Waals surface area contributed by atoms with E-state index in [9.17, 15) is 14.4 Å². The predicted octanol–water partition coefficient (Wildman–Crippen LogP) is 0.183. The van der Waals surface area contributed by atoms with Crippen LogP contribution in [-0.4, -0.2) is 72.8 Å². The molecule has 0 heterocycles. The van der Waals surface area contributed by atoms with E-state index in [1.807, 2.05) is 0 Å². The molecule has 0 aromatic rings. The third-order valence-corrected chi connectivity index (χ3v) is 3.63.